The van der Waals surface area contributed by atoms with Gasteiger partial charge in [0.25, 0.3) is 0 Å². The van der Waals surface area contributed by atoms with Crippen molar-refractivity contribution in [2.24, 2.45) is 0 Å². The van der Waals surface area contributed by atoms with Gasteiger partial charge in [-0.3, -0.25) is 4.79 Å². The Morgan fingerprint density at radius 2 is 2.23 bits per heavy atom. The van der Waals surface area contributed by atoms with Crippen LogP contribution < -0.4 is 10.6 Å². The standard InChI is InChI=1S/C14H22N4O3S/c1-11-5-3-7-15-13(11)16-8-9-17-14(19)12-6-4-10-18(12)22(2,20)21/h3,5,7,12H,4,6,8-10H2,1-2H3,(H,15,16)(H,17,19)/t12-/m0/s1. The normalized spacial score (nSPS) is 19.1. The van der Waals surface area contributed by atoms with E-state index in [0.717, 1.165) is 24.1 Å². The molecule has 0 saturated carbocycles. The number of aryl methyl sites for hydroxylation is 1. The second-order valence-electron chi connectivity index (χ2n) is 5.42. The van der Waals surface area contributed by atoms with Crippen LogP contribution in [0.15, 0.2) is 18.3 Å². The zero-order valence-corrected chi connectivity index (χ0v) is 13.7. The molecule has 22 heavy (non-hydrogen) atoms. The maximum atomic E-state index is 12.1. The highest BCUT2D eigenvalue weighted by Gasteiger charge is 2.36. The van der Waals surface area contributed by atoms with E-state index in [0.29, 0.717) is 26.1 Å². The van der Waals surface area contributed by atoms with Gasteiger partial charge in [-0.15, -0.1) is 0 Å². The summed E-state index contributed by atoms with van der Waals surface area (Å²) < 4.78 is 24.5. The maximum absolute atomic E-state index is 12.1. The lowest BCUT2D eigenvalue weighted by molar-refractivity contribution is -0.124. The van der Waals surface area contributed by atoms with Crippen LogP contribution in [0.5, 0.6) is 0 Å². The Morgan fingerprint density at radius 3 is 2.91 bits per heavy atom. The van der Waals surface area contributed by atoms with Gasteiger partial charge in [-0.05, 0) is 31.4 Å². The zero-order valence-electron chi connectivity index (χ0n) is 12.9. The Bertz CT molecular complexity index is 633. The largest absolute Gasteiger partial charge is 0.368 e. The molecule has 122 valence electrons. The van der Waals surface area contributed by atoms with Gasteiger partial charge in [-0.25, -0.2) is 13.4 Å². The van der Waals surface area contributed by atoms with E-state index in [4.69, 9.17) is 0 Å². The van der Waals surface area contributed by atoms with E-state index >= 15 is 0 Å². The first-order chi connectivity index (χ1) is 10.4. The third kappa shape index (κ3) is 4.17. The first-order valence-corrected chi connectivity index (χ1v) is 9.14. The Balaban J connectivity index is 1.80. The van der Waals surface area contributed by atoms with Gasteiger partial charge in [0.1, 0.15) is 11.9 Å². The van der Waals surface area contributed by atoms with E-state index in [1.807, 2.05) is 19.1 Å². The van der Waals surface area contributed by atoms with Crippen LogP contribution in [-0.4, -0.2) is 55.5 Å². The van der Waals surface area contributed by atoms with Gasteiger partial charge in [0.05, 0.1) is 6.26 Å². The number of amides is 1. The topological polar surface area (TPSA) is 91.4 Å². The van der Waals surface area contributed by atoms with E-state index in [1.54, 1.807) is 6.20 Å². The highest BCUT2D eigenvalue weighted by molar-refractivity contribution is 7.88. The smallest absolute Gasteiger partial charge is 0.238 e. The fraction of sp³-hybridized carbons (Fsp3) is 0.571. The summed E-state index contributed by atoms with van der Waals surface area (Å²) in [7, 11) is -3.33. The quantitative estimate of drug-likeness (QED) is 0.736. The molecule has 1 aromatic rings. The molecule has 1 amide bonds. The van der Waals surface area contributed by atoms with Gasteiger partial charge >= 0.3 is 0 Å². The number of carbonyl (C=O) groups excluding carboxylic acids is 1. The van der Waals surface area contributed by atoms with Gasteiger partial charge in [0.15, 0.2) is 0 Å². The molecule has 1 fully saturated rings. The summed E-state index contributed by atoms with van der Waals surface area (Å²) >= 11 is 0. The summed E-state index contributed by atoms with van der Waals surface area (Å²) in [6.07, 6.45) is 4.14. The first kappa shape index (κ1) is 16.7. The molecule has 2 rings (SSSR count). The van der Waals surface area contributed by atoms with Crippen LogP contribution in [0.3, 0.4) is 0 Å². The Hall–Kier alpha value is -1.67. The molecule has 1 aliphatic rings. The van der Waals surface area contributed by atoms with Gasteiger partial charge in [-0.1, -0.05) is 6.07 Å². The number of sulfonamides is 1. The second-order valence-corrected chi connectivity index (χ2v) is 7.35. The van der Waals surface area contributed by atoms with E-state index in [9.17, 15) is 13.2 Å². The molecule has 2 heterocycles. The molecule has 0 aromatic carbocycles. The molecule has 1 aliphatic heterocycles. The van der Waals surface area contributed by atoms with Gasteiger partial charge < -0.3 is 10.6 Å². The number of anilines is 1. The number of hydrogen-bond donors (Lipinski definition) is 2. The second kappa shape index (κ2) is 7.06. The average molecular weight is 326 g/mol. The minimum Gasteiger partial charge on any atom is -0.368 e. The van der Waals surface area contributed by atoms with Crippen LogP contribution in [-0.2, 0) is 14.8 Å². The minimum absolute atomic E-state index is 0.234. The van der Waals surface area contributed by atoms with E-state index in [1.165, 1.54) is 4.31 Å². The average Bonchev–Trinajstić information content (AvgIpc) is 2.94. The van der Waals surface area contributed by atoms with Crippen molar-refractivity contribution in [3.05, 3.63) is 23.9 Å². The van der Waals surface area contributed by atoms with Gasteiger partial charge in [-0.2, -0.15) is 4.31 Å². The van der Waals surface area contributed by atoms with Crippen LogP contribution in [0.25, 0.3) is 0 Å². The molecule has 0 aliphatic carbocycles. The number of nitrogens with one attached hydrogen (secondary N) is 2. The SMILES string of the molecule is Cc1cccnc1NCCNC(=O)[C@@H]1CCCN1S(C)(=O)=O. The van der Waals surface area contributed by atoms with Crippen LogP contribution in [0.2, 0.25) is 0 Å². The number of carbonyl (C=O) groups is 1. The third-order valence-electron chi connectivity index (χ3n) is 3.66. The summed E-state index contributed by atoms with van der Waals surface area (Å²) in [5, 5.41) is 5.92. The first-order valence-electron chi connectivity index (χ1n) is 7.29. The number of pyridine rings is 1. The summed E-state index contributed by atoms with van der Waals surface area (Å²) in [4.78, 5) is 16.3. The number of rotatable bonds is 6. The van der Waals surface area contributed by atoms with Crippen LogP contribution in [0, 0.1) is 6.92 Å². The molecular weight excluding hydrogens is 304 g/mol. The molecular formula is C14H22N4O3S. The maximum Gasteiger partial charge on any atom is 0.238 e. The van der Waals surface area contributed by atoms with Gasteiger partial charge in [0.2, 0.25) is 15.9 Å². The lowest BCUT2D eigenvalue weighted by Gasteiger charge is -2.21. The molecule has 8 heteroatoms. The highest BCUT2D eigenvalue weighted by Crippen LogP contribution is 2.20. The number of aromatic nitrogens is 1. The highest BCUT2D eigenvalue weighted by atomic mass is 32.2. The molecule has 0 radical (unpaired) electrons. The predicted octanol–water partition coefficient (Wildman–Crippen LogP) is 0.342. The third-order valence-corrected chi connectivity index (χ3v) is 4.95. The van der Waals surface area contributed by atoms with E-state index in [2.05, 4.69) is 15.6 Å². The van der Waals surface area contributed by atoms with Crippen molar-refractivity contribution in [3.63, 3.8) is 0 Å². The molecule has 1 atom stereocenters. The van der Waals surface area contributed by atoms with Crippen LogP contribution in [0.4, 0.5) is 5.82 Å². The fourth-order valence-electron chi connectivity index (χ4n) is 2.55. The van der Waals surface area contributed by atoms with Gasteiger partial charge in [0, 0.05) is 25.8 Å². The van der Waals surface area contributed by atoms with E-state index < -0.39 is 16.1 Å². The summed E-state index contributed by atoms with van der Waals surface area (Å²) in [5.74, 6) is 0.554. The predicted molar refractivity (Wildman–Crippen MR) is 85.0 cm³/mol. The van der Waals surface area contributed by atoms with Crippen molar-refractivity contribution < 1.29 is 13.2 Å². The minimum atomic E-state index is -3.33. The van der Waals surface area contributed by atoms with E-state index in [-0.39, 0.29) is 5.91 Å². The molecule has 0 spiro atoms. The molecule has 0 unspecified atom stereocenters. The van der Waals surface area contributed by atoms with Crippen molar-refractivity contribution in [3.8, 4) is 0 Å². The Morgan fingerprint density at radius 1 is 1.45 bits per heavy atom. The fourth-order valence-corrected chi connectivity index (χ4v) is 3.68. The zero-order chi connectivity index (χ0) is 16.2. The lowest BCUT2D eigenvalue weighted by Crippen LogP contribution is -2.46. The summed E-state index contributed by atoms with van der Waals surface area (Å²) in [6, 6.07) is 3.24. The van der Waals surface area contributed by atoms with Crippen molar-refractivity contribution in [2.45, 2.75) is 25.8 Å². The molecule has 7 nitrogen and oxygen atoms in total. The van der Waals surface area contributed by atoms with Crippen molar-refractivity contribution in [2.75, 3.05) is 31.2 Å². The monoisotopic (exact) mass is 326 g/mol. The van der Waals surface area contributed by atoms with Crippen molar-refractivity contribution in [1.82, 2.24) is 14.6 Å². The Labute approximate surface area is 131 Å². The summed E-state index contributed by atoms with van der Waals surface area (Å²) in [6.45, 7) is 3.33. The molecule has 1 saturated heterocycles. The molecule has 2 N–H and O–H groups in total. The van der Waals surface area contributed by atoms with Crippen LogP contribution in [0.1, 0.15) is 18.4 Å². The van der Waals surface area contributed by atoms with Crippen molar-refractivity contribution in [1.29, 1.82) is 0 Å². The lowest BCUT2D eigenvalue weighted by atomic mass is 10.2. The summed E-state index contributed by atoms with van der Waals surface area (Å²) in [5.41, 5.74) is 1.04. The van der Waals surface area contributed by atoms with Crippen LogP contribution >= 0.6 is 0 Å². The molecule has 0 bridgehead atoms. The Kier molecular flexibility index (Phi) is 5.36. The number of nitrogens with zero attached hydrogens (tertiary/aromatic N) is 2. The number of hydrogen-bond acceptors (Lipinski definition) is 5. The van der Waals surface area contributed by atoms with Crippen molar-refractivity contribution >= 4 is 21.7 Å². The molecule has 1 aromatic heterocycles.